The molecule has 0 aliphatic heterocycles. The van der Waals surface area contributed by atoms with Gasteiger partial charge in [0.25, 0.3) is 0 Å². The van der Waals surface area contributed by atoms with Crippen molar-refractivity contribution in [3.05, 3.63) is 56.7 Å². The van der Waals surface area contributed by atoms with Gasteiger partial charge in [-0.15, -0.1) is 11.3 Å². The van der Waals surface area contributed by atoms with E-state index in [0.717, 1.165) is 18.0 Å². The fraction of sp³-hybridized carbons (Fsp3) is 0.333. The summed E-state index contributed by atoms with van der Waals surface area (Å²) in [6.45, 7) is 5.30. The number of thiophene rings is 1. The molecule has 0 amide bonds. The molecule has 0 aliphatic carbocycles. The first-order valence-electron chi connectivity index (χ1n) is 6.22. The molecule has 0 spiro atoms. The maximum absolute atomic E-state index is 6.04. The van der Waals surface area contributed by atoms with Gasteiger partial charge in [-0.05, 0) is 54.6 Å². The van der Waals surface area contributed by atoms with Crippen LogP contribution in [0.3, 0.4) is 0 Å². The Labute approximate surface area is 118 Å². The highest BCUT2D eigenvalue weighted by Gasteiger charge is 2.14. The van der Waals surface area contributed by atoms with Crippen molar-refractivity contribution in [2.45, 2.75) is 26.3 Å². The van der Waals surface area contributed by atoms with Gasteiger partial charge in [-0.1, -0.05) is 30.7 Å². The minimum Gasteiger partial charge on any atom is -0.310 e. The van der Waals surface area contributed by atoms with Crippen molar-refractivity contribution >= 4 is 22.9 Å². The predicted octanol–water partition coefficient (Wildman–Crippen LogP) is 4.60. The highest BCUT2D eigenvalue weighted by atomic mass is 35.5. The van der Waals surface area contributed by atoms with Gasteiger partial charge < -0.3 is 5.32 Å². The lowest BCUT2D eigenvalue weighted by molar-refractivity contribution is 0.549. The molecule has 0 fully saturated rings. The molecule has 0 saturated carbocycles. The largest absolute Gasteiger partial charge is 0.310 e. The van der Waals surface area contributed by atoms with E-state index in [2.05, 4.69) is 36.7 Å². The Morgan fingerprint density at radius 2 is 2.17 bits per heavy atom. The van der Waals surface area contributed by atoms with Crippen molar-refractivity contribution in [2.75, 3.05) is 6.54 Å². The molecule has 3 heteroatoms. The molecule has 1 atom stereocenters. The topological polar surface area (TPSA) is 12.0 Å². The summed E-state index contributed by atoms with van der Waals surface area (Å²) in [5, 5.41) is 6.53. The molecule has 1 aromatic heterocycles. The van der Waals surface area contributed by atoms with Crippen molar-refractivity contribution in [1.29, 1.82) is 0 Å². The van der Waals surface area contributed by atoms with Crippen LogP contribution in [0.2, 0.25) is 5.02 Å². The lowest BCUT2D eigenvalue weighted by atomic mass is 9.99. The van der Waals surface area contributed by atoms with Crippen LogP contribution >= 0.6 is 22.9 Å². The lowest BCUT2D eigenvalue weighted by Crippen LogP contribution is -2.23. The third kappa shape index (κ3) is 3.35. The Morgan fingerprint density at radius 1 is 1.33 bits per heavy atom. The van der Waals surface area contributed by atoms with Crippen molar-refractivity contribution < 1.29 is 0 Å². The number of hydrogen-bond donors (Lipinski definition) is 1. The molecule has 2 aromatic rings. The van der Waals surface area contributed by atoms with Gasteiger partial charge in [-0.2, -0.15) is 0 Å². The molecule has 0 aliphatic rings. The first kappa shape index (κ1) is 13.6. The Morgan fingerprint density at radius 3 is 2.78 bits per heavy atom. The Balaban J connectivity index is 2.19. The van der Waals surface area contributed by atoms with Gasteiger partial charge in [-0.25, -0.2) is 0 Å². The molecule has 18 heavy (non-hydrogen) atoms. The number of nitrogens with one attached hydrogen (secondary N) is 1. The molecule has 1 nitrogen and oxygen atoms in total. The second-order valence-corrected chi connectivity index (χ2v) is 5.93. The van der Waals surface area contributed by atoms with Crippen LogP contribution in [0, 0.1) is 6.92 Å². The van der Waals surface area contributed by atoms with E-state index in [-0.39, 0.29) is 0 Å². The molecule has 0 radical (unpaired) electrons. The fourth-order valence-electron chi connectivity index (χ4n) is 2.19. The minimum absolute atomic E-state index is 0.375. The van der Waals surface area contributed by atoms with Crippen LogP contribution in [0.1, 0.15) is 29.0 Å². The van der Waals surface area contributed by atoms with E-state index in [4.69, 9.17) is 11.6 Å². The highest BCUT2D eigenvalue weighted by molar-refractivity contribution is 7.10. The van der Waals surface area contributed by atoms with Gasteiger partial charge >= 0.3 is 0 Å². The van der Waals surface area contributed by atoms with Crippen molar-refractivity contribution in [3.8, 4) is 0 Å². The second kappa shape index (κ2) is 6.37. The summed E-state index contributed by atoms with van der Waals surface area (Å²) in [7, 11) is 0. The SMILES string of the molecule is CCNC(Cc1cccc(Cl)c1)c1ccsc1C. The van der Waals surface area contributed by atoms with E-state index < -0.39 is 0 Å². The second-order valence-electron chi connectivity index (χ2n) is 4.38. The van der Waals surface area contributed by atoms with Gasteiger partial charge in [0.2, 0.25) is 0 Å². The lowest BCUT2D eigenvalue weighted by Gasteiger charge is -2.18. The van der Waals surface area contributed by atoms with Gasteiger partial charge in [0.05, 0.1) is 0 Å². The van der Waals surface area contributed by atoms with Gasteiger partial charge in [0, 0.05) is 15.9 Å². The molecule has 96 valence electrons. The van der Waals surface area contributed by atoms with Gasteiger partial charge in [-0.3, -0.25) is 0 Å². The number of halogens is 1. The molecule has 0 saturated heterocycles. The Hall–Kier alpha value is -0.830. The summed E-state index contributed by atoms with van der Waals surface area (Å²) in [5.41, 5.74) is 2.68. The van der Waals surface area contributed by atoms with Crippen molar-refractivity contribution in [3.63, 3.8) is 0 Å². The summed E-state index contributed by atoms with van der Waals surface area (Å²) in [4.78, 5) is 1.39. The molecule has 1 N–H and O–H groups in total. The van der Waals surface area contributed by atoms with Crippen LogP contribution < -0.4 is 5.32 Å². The Kier molecular flexibility index (Phi) is 4.81. The van der Waals surface area contributed by atoms with Gasteiger partial charge in [0.15, 0.2) is 0 Å². The highest BCUT2D eigenvalue weighted by Crippen LogP contribution is 2.26. The van der Waals surface area contributed by atoms with E-state index in [9.17, 15) is 0 Å². The van der Waals surface area contributed by atoms with E-state index in [1.165, 1.54) is 16.0 Å². The Bertz CT molecular complexity index is 507. The fourth-order valence-corrected chi connectivity index (χ4v) is 3.17. The van der Waals surface area contributed by atoms with Crippen LogP contribution in [-0.2, 0) is 6.42 Å². The van der Waals surface area contributed by atoms with Crippen LogP contribution in [-0.4, -0.2) is 6.54 Å². The van der Waals surface area contributed by atoms with Crippen LogP contribution in [0.15, 0.2) is 35.7 Å². The maximum atomic E-state index is 6.04. The van der Waals surface area contributed by atoms with Gasteiger partial charge in [0.1, 0.15) is 0 Å². The third-order valence-corrected chi connectivity index (χ3v) is 4.15. The summed E-state index contributed by atoms with van der Waals surface area (Å²) in [5.74, 6) is 0. The number of rotatable bonds is 5. The molecule has 1 unspecified atom stereocenters. The maximum Gasteiger partial charge on any atom is 0.0408 e. The van der Waals surface area contributed by atoms with E-state index >= 15 is 0 Å². The summed E-state index contributed by atoms with van der Waals surface area (Å²) in [6, 6.07) is 10.7. The smallest absolute Gasteiger partial charge is 0.0408 e. The van der Waals surface area contributed by atoms with Crippen LogP contribution in [0.5, 0.6) is 0 Å². The van der Waals surface area contributed by atoms with E-state index in [1.807, 2.05) is 18.2 Å². The molecule has 1 heterocycles. The summed E-state index contributed by atoms with van der Waals surface area (Å²) < 4.78 is 0. The summed E-state index contributed by atoms with van der Waals surface area (Å²) in [6.07, 6.45) is 0.978. The average molecular weight is 280 g/mol. The number of benzene rings is 1. The monoisotopic (exact) mass is 279 g/mol. The molecule has 1 aromatic carbocycles. The zero-order valence-electron chi connectivity index (χ0n) is 10.7. The first-order chi connectivity index (χ1) is 8.70. The van der Waals surface area contributed by atoms with Crippen molar-refractivity contribution in [1.82, 2.24) is 5.32 Å². The zero-order valence-corrected chi connectivity index (χ0v) is 12.3. The molecular formula is C15H18ClNS. The number of aryl methyl sites for hydroxylation is 1. The first-order valence-corrected chi connectivity index (χ1v) is 7.48. The number of likely N-dealkylation sites (N-methyl/N-ethyl adjacent to an activating group) is 1. The van der Waals surface area contributed by atoms with Crippen molar-refractivity contribution in [2.24, 2.45) is 0 Å². The minimum atomic E-state index is 0.375. The summed E-state index contributed by atoms with van der Waals surface area (Å²) >= 11 is 7.85. The zero-order chi connectivity index (χ0) is 13.0. The van der Waals surface area contributed by atoms with Crippen LogP contribution in [0.25, 0.3) is 0 Å². The van der Waals surface area contributed by atoms with E-state index in [0.29, 0.717) is 6.04 Å². The average Bonchev–Trinajstić information content (AvgIpc) is 2.75. The third-order valence-electron chi connectivity index (χ3n) is 3.05. The molecule has 2 rings (SSSR count). The molecule has 0 bridgehead atoms. The normalized spacial score (nSPS) is 12.6. The number of hydrogen-bond acceptors (Lipinski definition) is 2. The standard InChI is InChI=1S/C15H18ClNS/c1-3-17-15(14-7-8-18-11(14)2)10-12-5-4-6-13(16)9-12/h4-9,15,17H,3,10H2,1-2H3. The predicted molar refractivity (Wildman–Crippen MR) is 80.6 cm³/mol. The van der Waals surface area contributed by atoms with E-state index in [1.54, 1.807) is 11.3 Å². The molecular weight excluding hydrogens is 262 g/mol. The van der Waals surface area contributed by atoms with Crippen LogP contribution in [0.4, 0.5) is 0 Å². The quantitative estimate of drug-likeness (QED) is 0.843.